The first-order valence-electron chi connectivity index (χ1n) is 4.96. The summed E-state index contributed by atoms with van der Waals surface area (Å²) in [5, 5.41) is 0. The number of rotatable bonds is 2. The number of nitrogens with zero attached hydrogens (tertiary/aromatic N) is 3. The lowest BCUT2D eigenvalue weighted by Crippen LogP contribution is -2.15. The zero-order valence-corrected chi connectivity index (χ0v) is 9.92. The summed E-state index contributed by atoms with van der Waals surface area (Å²) >= 11 is 0. The van der Waals surface area contributed by atoms with Crippen LogP contribution in [0.2, 0.25) is 0 Å². The maximum Gasteiger partial charge on any atom is 0.225 e. The van der Waals surface area contributed by atoms with Crippen LogP contribution in [0.3, 0.4) is 0 Å². The van der Waals surface area contributed by atoms with Crippen LogP contribution in [0.1, 0.15) is 36.7 Å². The molecule has 0 aliphatic heterocycles. The Balaban J connectivity index is 3.25. The van der Waals surface area contributed by atoms with Gasteiger partial charge in [-0.3, -0.25) is 0 Å². The van der Waals surface area contributed by atoms with Gasteiger partial charge in [-0.05, 0) is 25.3 Å². The summed E-state index contributed by atoms with van der Waals surface area (Å²) in [4.78, 5) is 10.9. The Morgan fingerprint density at radius 2 is 1.43 bits per heavy atom. The molecule has 0 radical (unpaired) electrons. The van der Waals surface area contributed by atoms with Crippen LogP contribution in [0.5, 0.6) is 0 Å². The van der Waals surface area contributed by atoms with Crippen LogP contribution in [0.15, 0.2) is 0 Å². The molecule has 0 aliphatic carbocycles. The summed E-state index contributed by atoms with van der Waals surface area (Å²) in [6.45, 7) is 8.45. The van der Waals surface area contributed by atoms with Crippen LogP contribution in [-0.2, 0) is 0 Å². The number of anilines is 1. The van der Waals surface area contributed by atoms with Gasteiger partial charge in [0.15, 0.2) is 0 Å². The van der Waals surface area contributed by atoms with Gasteiger partial charge in [0.1, 0.15) is 0 Å². The van der Waals surface area contributed by atoms with Gasteiger partial charge in [-0.15, -0.1) is 0 Å². The average Bonchev–Trinajstić information content (AvgIpc) is 2.01. The van der Waals surface area contributed by atoms with Crippen LogP contribution >= 0.6 is 0 Å². The molecule has 0 fully saturated rings. The summed E-state index contributed by atoms with van der Waals surface area (Å²) in [6, 6.07) is 0. The second-order valence-corrected chi connectivity index (χ2v) is 4.16. The molecule has 0 amide bonds. The van der Waals surface area contributed by atoms with Gasteiger partial charge >= 0.3 is 0 Å². The van der Waals surface area contributed by atoms with Crippen molar-refractivity contribution in [1.82, 2.24) is 9.97 Å². The zero-order valence-electron chi connectivity index (χ0n) is 9.92. The van der Waals surface area contributed by atoms with Crippen molar-refractivity contribution in [1.29, 1.82) is 0 Å². The van der Waals surface area contributed by atoms with E-state index in [1.54, 1.807) is 0 Å². The van der Waals surface area contributed by atoms with Crippen LogP contribution in [0, 0.1) is 13.8 Å². The molecule has 0 aliphatic rings. The van der Waals surface area contributed by atoms with Crippen molar-refractivity contribution in [3.8, 4) is 0 Å². The maximum atomic E-state index is 4.47. The minimum atomic E-state index is 0.492. The number of aryl methyl sites for hydroxylation is 2. The van der Waals surface area contributed by atoms with Crippen molar-refractivity contribution in [2.45, 2.75) is 33.6 Å². The molecule has 1 heterocycles. The highest BCUT2D eigenvalue weighted by Gasteiger charge is 2.11. The van der Waals surface area contributed by atoms with Crippen molar-refractivity contribution < 1.29 is 0 Å². The van der Waals surface area contributed by atoms with Crippen LogP contribution in [0.4, 0.5) is 5.95 Å². The molecule has 1 rings (SSSR count). The van der Waals surface area contributed by atoms with Crippen LogP contribution in [0.25, 0.3) is 0 Å². The van der Waals surface area contributed by atoms with E-state index in [1.165, 1.54) is 5.56 Å². The molecule has 3 heteroatoms. The zero-order chi connectivity index (χ0) is 10.9. The Labute approximate surface area is 86.2 Å². The van der Waals surface area contributed by atoms with E-state index in [-0.39, 0.29) is 0 Å². The highest BCUT2D eigenvalue weighted by atomic mass is 15.2. The van der Waals surface area contributed by atoms with Gasteiger partial charge in [-0.1, -0.05) is 13.8 Å². The van der Waals surface area contributed by atoms with Crippen LogP contribution in [-0.4, -0.2) is 24.1 Å². The lowest BCUT2D eigenvalue weighted by Gasteiger charge is -2.16. The van der Waals surface area contributed by atoms with E-state index < -0.39 is 0 Å². The molecule has 0 saturated heterocycles. The third kappa shape index (κ3) is 2.03. The van der Waals surface area contributed by atoms with E-state index in [4.69, 9.17) is 0 Å². The maximum absolute atomic E-state index is 4.47. The van der Waals surface area contributed by atoms with E-state index in [0.29, 0.717) is 5.92 Å². The predicted octanol–water partition coefficient (Wildman–Crippen LogP) is 2.28. The summed E-state index contributed by atoms with van der Waals surface area (Å²) < 4.78 is 0. The number of hydrogen-bond donors (Lipinski definition) is 0. The highest BCUT2D eigenvalue weighted by Crippen LogP contribution is 2.22. The van der Waals surface area contributed by atoms with E-state index >= 15 is 0 Å². The van der Waals surface area contributed by atoms with E-state index in [2.05, 4.69) is 37.7 Å². The lowest BCUT2D eigenvalue weighted by molar-refractivity contribution is 0.805. The summed E-state index contributed by atoms with van der Waals surface area (Å²) in [6.07, 6.45) is 0. The topological polar surface area (TPSA) is 29.0 Å². The second kappa shape index (κ2) is 3.95. The molecule has 3 nitrogen and oxygen atoms in total. The largest absolute Gasteiger partial charge is 0.347 e. The molecule has 14 heavy (non-hydrogen) atoms. The molecule has 0 bridgehead atoms. The van der Waals surface area contributed by atoms with Crippen molar-refractivity contribution in [3.05, 3.63) is 17.0 Å². The fraction of sp³-hybridized carbons (Fsp3) is 0.636. The van der Waals surface area contributed by atoms with E-state index in [9.17, 15) is 0 Å². The van der Waals surface area contributed by atoms with E-state index in [0.717, 1.165) is 17.3 Å². The number of hydrogen-bond acceptors (Lipinski definition) is 3. The molecular formula is C11H19N3. The van der Waals surface area contributed by atoms with Crippen molar-refractivity contribution >= 4 is 5.95 Å². The van der Waals surface area contributed by atoms with Gasteiger partial charge in [0, 0.05) is 25.5 Å². The molecule has 1 aromatic rings. The van der Waals surface area contributed by atoms with Gasteiger partial charge in [0.05, 0.1) is 0 Å². The summed E-state index contributed by atoms with van der Waals surface area (Å²) in [5.41, 5.74) is 3.46. The third-order valence-corrected chi connectivity index (χ3v) is 2.29. The Morgan fingerprint density at radius 1 is 1.00 bits per heavy atom. The SMILES string of the molecule is Cc1nc(N(C)C)nc(C)c1C(C)C. The summed E-state index contributed by atoms with van der Waals surface area (Å²) in [5.74, 6) is 1.29. The second-order valence-electron chi connectivity index (χ2n) is 4.16. The minimum absolute atomic E-state index is 0.492. The molecule has 0 N–H and O–H groups in total. The summed E-state index contributed by atoms with van der Waals surface area (Å²) in [7, 11) is 3.92. The van der Waals surface area contributed by atoms with E-state index in [1.807, 2.05) is 19.0 Å². The molecule has 0 saturated carbocycles. The molecule has 1 aromatic heterocycles. The molecule has 78 valence electrons. The molecular weight excluding hydrogens is 174 g/mol. The third-order valence-electron chi connectivity index (χ3n) is 2.29. The van der Waals surface area contributed by atoms with Crippen molar-refractivity contribution in [3.63, 3.8) is 0 Å². The minimum Gasteiger partial charge on any atom is -0.347 e. The van der Waals surface area contributed by atoms with Gasteiger partial charge < -0.3 is 4.90 Å². The quantitative estimate of drug-likeness (QED) is 0.721. The monoisotopic (exact) mass is 193 g/mol. The molecule has 0 atom stereocenters. The first-order valence-corrected chi connectivity index (χ1v) is 4.96. The Bertz CT molecular complexity index is 306. The van der Waals surface area contributed by atoms with Crippen molar-refractivity contribution in [2.24, 2.45) is 0 Å². The smallest absolute Gasteiger partial charge is 0.225 e. The van der Waals surface area contributed by atoms with Gasteiger partial charge in [-0.2, -0.15) is 0 Å². The normalized spacial score (nSPS) is 10.8. The Hall–Kier alpha value is -1.12. The standard InChI is InChI=1S/C11H19N3/c1-7(2)10-8(3)12-11(14(5)6)13-9(10)4/h7H,1-6H3. The lowest BCUT2D eigenvalue weighted by atomic mass is 10.0. The highest BCUT2D eigenvalue weighted by molar-refractivity contribution is 5.36. The van der Waals surface area contributed by atoms with Gasteiger partial charge in [0.2, 0.25) is 5.95 Å². The molecule has 0 aromatic carbocycles. The Morgan fingerprint density at radius 3 is 1.71 bits per heavy atom. The van der Waals surface area contributed by atoms with Gasteiger partial charge in [0.25, 0.3) is 0 Å². The van der Waals surface area contributed by atoms with Crippen molar-refractivity contribution in [2.75, 3.05) is 19.0 Å². The number of aromatic nitrogens is 2. The average molecular weight is 193 g/mol. The fourth-order valence-electron chi connectivity index (χ4n) is 1.74. The van der Waals surface area contributed by atoms with Crippen LogP contribution < -0.4 is 4.90 Å². The van der Waals surface area contributed by atoms with Gasteiger partial charge in [-0.25, -0.2) is 9.97 Å². The first kappa shape index (κ1) is 11.0. The molecule has 0 spiro atoms. The Kier molecular flexibility index (Phi) is 3.09. The molecule has 0 unspecified atom stereocenters. The predicted molar refractivity (Wildman–Crippen MR) is 59.9 cm³/mol. The fourth-order valence-corrected chi connectivity index (χ4v) is 1.74. The first-order chi connectivity index (χ1) is 6.43.